The fourth-order valence-corrected chi connectivity index (χ4v) is 4.19. The lowest BCUT2D eigenvalue weighted by molar-refractivity contribution is -0.161. The van der Waals surface area contributed by atoms with Gasteiger partial charge in [-0.1, -0.05) is 32.1 Å². The van der Waals surface area contributed by atoms with E-state index in [0.717, 1.165) is 18.2 Å². The van der Waals surface area contributed by atoms with E-state index >= 15 is 0 Å². The molecular weight excluding hydrogens is 543 g/mol. The number of halogens is 9. The van der Waals surface area contributed by atoms with Gasteiger partial charge in [-0.25, -0.2) is 0 Å². The molecule has 2 aromatic rings. The minimum absolute atomic E-state index is 0.0169. The van der Waals surface area contributed by atoms with E-state index in [-0.39, 0.29) is 46.6 Å². The highest BCUT2D eigenvalue weighted by molar-refractivity contribution is 5.78. The maximum Gasteiger partial charge on any atom is 0.416 e. The Balaban J connectivity index is 2.17. The van der Waals surface area contributed by atoms with Gasteiger partial charge < -0.3 is 9.84 Å². The monoisotopic (exact) mass is 566 g/mol. The normalized spacial score (nSPS) is 17.5. The van der Waals surface area contributed by atoms with E-state index in [9.17, 15) is 49.4 Å². The molecule has 2 atom stereocenters. The predicted octanol–water partition coefficient (Wildman–Crippen LogP) is 9.17. The van der Waals surface area contributed by atoms with Crippen molar-refractivity contribution in [3.8, 4) is 11.5 Å². The van der Waals surface area contributed by atoms with Crippen molar-refractivity contribution < 1.29 is 54.2 Å². The molecule has 0 heterocycles. The number of hydrogen-bond donors (Lipinski definition) is 1. The summed E-state index contributed by atoms with van der Waals surface area (Å²) in [6.45, 7) is 3.44. The van der Waals surface area contributed by atoms with Gasteiger partial charge in [0.1, 0.15) is 11.5 Å². The molecule has 0 spiro atoms. The lowest BCUT2D eigenvalue weighted by atomic mass is 9.83. The van der Waals surface area contributed by atoms with Crippen LogP contribution >= 0.6 is 0 Å². The first kappa shape index (κ1) is 30.1. The summed E-state index contributed by atoms with van der Waals surface area (Å²) >= 11 is 0. The van der Waals surface area contributed by atoms with E-state index in [1.54, 1.807) is 13.8 Å². The molecule has 0 amide bonds. The van der Waals surface area contributed by atoms with Crippen LogP contribution in [0.4, 0.5) is 39.5 Å². The maximum absolute atomic E-state index is 13.5. The van der Waals surface area contributed by atoms with Crippen molar-refractivity contribution in [2.24, 2.45) is 11.8 Å². The number of hydrogen-bond acceptors (Lipinski definition) is 2. The standard InChI is InChI=1S/C27H23F9O3/c1-14(2)6-23(24(37)38)17-7-15(16-8-19(26(31,32)33)12-20(9-16)27(34,35)36)10-22(11-17)39-21-5-3-4-18(13-21)25(28,29)30/h3-5,7-8,10-14,20,23H,6,9H2,1-2H3,(H,37,38). The Morgan fingerprint density at radius 2 is 1.62 bits per heavy atom. The molecule has 0 saturated carbocycles. The van der Waals surface area contributed by atoms with Crippen molar-refractivity contribution in [1.82, 2.24) is 0 Å². The van der Waals surface area contributed by atoms with Gasteiger partial charge in [0.05, 0.1) is 23.0 Å². The van der Waals surface area contributed by atoms with Crippen LogP contribution in [0.5, 0.6) is 11.5 Å². The number of aliphatic carboxylic acids is 1. The maximum atomic E-state index is 13.5. The van der Waals surface area contributed by atoms with Gasteiger partial charge in [-0.15, -0.1) is 0 Å². The molecule has 3 nitrogen and oxygen atoms in total. The molecule has 2 aromatic carbocycles. The highest BCUT2D eigenvalue weighted by atomic mass is 19.4. The van der Waals surface area contributed by atoms with E-state index in [2.05, 4.69) is 0 Å². The molecule has 3 rings (SSSR count). The minimum Gasteiger partial charge on any atom is -0.481 e. The van der Waals surface area contributed by atoms with Crippen LogP contribution in [0, 0.1) is 11.8 Å². The molecule has 2 unspecified atom stereocenters. The van der Waals surface area contributed by atoms with Gasteiger partial charge in [0, 0.05) is 0 Å². The summed E-state index contributed by atoms with van der Waals surface area (Å²) in [5.74, 6) is -5.70. The Bertz CT molecular complexity index is 1270. The lowest BCUT2D eigenvalue weighted by Gasteiger charge is -2.26. The lowest BCUT2D eigenvalue weighted by Crippen LogP contribution is -2.26. The third kappa shape index (κ3) is 7.79. The summed E-state index contributed by atoms with van der Waals surface area (Å²) in [7, 11) is 0. The van der Waals surface area contributed by atoms with Crippen molar-refractivity contribution >= 4 is 11.5 Å². The van der Waals surface area contributed by atoms with E-state index in [1.165, 1.54) is 18.2 Å². The zero-order valence-corrected chi connectivity index (χ0v) is 20.5. The topological polar surface area (TPSA) is 46.5 Å². The van der Waals surface area contributed by atoms with E-state index in [4.69, 9.17) is 4.74 Å². The van der Waals surface area contributed by atoms with Crippen molar-refractivity contribution in [1.29, 1.82) is 0 Å². The van der Waals surface area contributed by atoms with Gasteiger partial charge in [0.2, 0.25) is 0 Å². The second-order valence-electron chi connectivity index (χ2n) is 9.58. The van der Waals surface area contributed by atoms with Crippen LogP contribution in [0.15, 0.2) is 60.2 Å². The van der Waals surface area contributed by atoms with Gasteiger partial charge in [0.25, 0.3) is 0 Å². The molecule has 0 bridgehead atoms. The molecule has 0 aromatic heterocycles. The zero-order chi connectivity index (χ0) is 29.3. The summed E-state index contributed by atoms with van der Waals surface area (Å²) < 4.78 is 126. The summed E-state index contributed by atoms with van der Waals surface area (Å²) in [5, 5.41) is 9.79. The van der Waals surface area contributed by atoms with E-state index in [1.807, 2.05) is 0 Å². The predicted molar refractivity (Wildman–Crippen MR) is 124 cm³/mol. The third-order valence-corrected chi connectivity index (χ3v) is 6.00. The molecule has 0 fully saturated rings. The van der Waals surface area contributed by atoms with Gasteiger partial charge in [-0.05, 0) is 71.9 Å². The van der Waals surface area contributed by atoms with E-state index < -0.39 is 53.9 Å². The second-order valence-corrected chi connectivity index (χ2v) is 9.58. The highest BCUT2D eigenvalue weighted by Crippen LogP contribution is 2.44. The number of alkyl halides is 9. The average molecular weight is 566 g/mol. The van der Waals surface area contributed by atoms with Crippen LogP contribution in [0.25, 0.3) is 5.57 Å². The molecule has 1 aliphatic rings. The van der Waals surface area contributed by atoms with Crippen molar-refractivity contribution in [3.05, 3.63) is 76.9 Å². The molecule has 1 N–H and O–H groups in total. The van der Waals surface area contributed by atoms with Crippen molar-refractivity contribution in [2.75, 3.05) is 0 Å². The number of carbonyl (C=O) groups is 1. The van der Waals surface area contributed by atoms with E-state index in [0.29, 0.717) is 12.1 Å². The Morgan fingerprint density at radius 3 is 2.15 bits per heavy atom. The summed E-state index contributed by atoms with van der Waals surface area (Å²) in [6.07, 6.45) is -15.0. The summed E-state index contributed by atoms with van der Waals surface area (Å²) in [5.41, 5.74) is -3.11. The number of benzene rings is 2. The zero-order valence-electron chi connectivity index (χ0n) is 20.5. The third-order valence-electron chi connectivity index (χ3n) is 6.00. The van der Waals surface area contributed by atoms with Crippen molar-refractivity contribution in [2.45, 2.75) is 51.1 Å². The Labute approximate surface area is 217 Å². The second kappa shape index (κ2) is 11.0. The van der Waals surface area contributed by atoms with Crippen LogP contribution in [-0.2, 0) is 11.0 Å². The molecular formula is C27H23F9O3. The fraction of sp³-hybridized carbons (Fsp3) is 0.370. The largest absolute Gasteiger partial charge is 0.481 e. The van der Waals surface area contributed by atoms with Gasteiger partial charge >= 0.3 is 24.5 Å². The molecule has 39 heavy (non-hydrogen) atoms. The number of ether oxygens (including phenoxy) is 1. The summed E-state index contributed by atoms with van der Waals surface area (Å²) in [4.78, 5) is 12.0. The number of carboxylic acids is 1. The number of carboxylic acid groups (broad SMARTS) is 1. The van der Waals surface area contributed by atoms with Gasteiger partial charge in [-0.3, -0.25) is 4.79 Å². The first-order chi connectivity index (χ1) is 17.8. The van der Waals surface area contributed by atoms with Crippen LogP contribution in [-0.4, -0.2) is 23.4 Å². The number of rotatable bonds is 7. The Hall–Kier alpha value is -3.44. The van der Waals surface area contributed by atoms with Crippen LogP contribution in [0.2, 0.25) is 0 Å². The van der Waals surface area contributed by atoms with Crippen LogP contribution in [0.3, 0.4) is 0 Å². The molecule has 1 aliphatic carbocycles. The van der Waals surface area contributed by atoms with Crippen LogP contribution in [0.1, 0.15) is 49.3 Å². The first-order valence-electron chi connectivity index (χ1n) is 11.6. The Morgan fingerprint density at radius 1 is 0.949 bits per heavy atom. The minimum atomic E-state index is -5.09. The quantitative estimate of drug-likeness (QED) is 0.340. The smallest absolute Gasteiger partial charge is 0.416 e. The van der Waals surface area contributed by atoms with Crippen LogP contribution < -0.4 is 4.74 Å². The molecule has 12 heteroatoms. The van der Waals surface area contributed by atoms with Gasteiger partial charge in [0.15, 0.2) is 0 Å². The molecule has 0 radical (unpaired) electrons. The average Bonchev–Trinajstić information content (AvgIpc) is 2.80. The first-order valence-corrected chi connectivity index (χ1v) is 11.6. The summed E-state index contributed by atoms with van der Waals surface area (Å²) in [6, 6.07) is 7.14. The highest BCUT2D eigenvalue weighted by Gasteiger charge is 2.44. The number of allylic oxidation sites excluding steroid dienone is 4. The SMILES string of the molecule is CC(C)CC(C(=O)O)c1cc(Oc2cccc(C(F)(F)F)c2)cc(C2=CC(C(F)(F)F)=CC(C(F)(F)F)C2)c1. The van der Waals surface area contributed by atoms with Crippen molar-refractivity contribution in [3.63, 3.8) is 0 Å². The molecule has 212 valence electrons. The van der Waals surface area contributed by atoms with Gasteiger partial charge in [-0.2, -0.15) is 39.5 Å². The Kier molecular flexibility index (Phi) is 8.47. The molecule has 0 saturated heterocycles. The molecule has 0 aliphatic heterocycles. The fourth-order valence-electron chi connectivity index (χ4n) is 4.19.